The van der Waals surface area contributed by atoms with E-state index in [0.717, 1.165) is 11.1 Å². The topological polar surface area (TPSA) is 64.6 Å². The Morgan fingerprint density at radius 1 is 1.56 bits per heavy atom. The average molecular weight is 247 g/mol. The van der Waals surface area contributed by atoms with Crippen LogP contribution in [0, 0.1) is 6.92 Å². The number of hydrogen-bond acceptors (Lipinski definition) is 4. The third kappa shape index (κ3) is 1.27. The zero-order valence-electron chi connectivity index (χ0n) is 10.1. The quantitative estimate of drug-likeness (QED) is 0.747. The van der Waals surface area contributed by atoms with Gasteiger partial charge in [-0.2, -0.15) is 0 Å². The molecule has 0 unspecified atom stereocenters. The van der Waals surface area contributed by atoms with Gasteiger partial charge >= 0.3 is 5.97 Å². The van der Waals surface area contributed by atoms with Crippen LogP contribution in [0.2, 0.25) is 0 Å². The van der Waals surface area contributed by atoms with Gasteiger partial charge in [0, 0.05) is 12.0 Å². The fourth-order valence-corrected chi connectivity index (χ4v) is 2.69. The minimum absolute atomic E-state index is 0.197. The Labute approximate surface area is 104 Å². The molecule has 1 amide bonds. The van der Waals surface area contributed by atoms with E-state index in [1.54, 1.807) is 0 Å². The summed E-state index contributed by atoms with van der Waals surface area (Å²) in [4.78, 5) is 23.5. The second-order valence-corrected chi connectivity index (χ2v) is 4.68. The first-order chi connectivity index (χ1) is 8.56. The van der Waals surface area contributed by atoms with Gasteiger partial charge in [-0.3, -0.25) is 4.79 Å². The highest BCUT2D eigenvalue weighted by Crippen LogP contribution is 2.49. The van der Waals surface area contributed by atoms with Crippen molar-refractivity contribution in [2.75, 3.05) is 7.11 Å². The molecular weight excluding hydrogens is 234 g/mol. The number of methoxy groups -OCH3 is 1. The highest BCUT2D eigenvalue weighted by molar-refractivity contribution is 5.94. The Bertz CT molecular complexity index is 554. The van der Waals surface area contributed by atoms with Crippen molar-refractivity contribution in [1.82, 2.24) is 5.32 Å². The average Bonchev–Trinajstić information content (AvgIpc) is 2.81. The molecule has 0 radical (unpaired) electrons. The van der Waals surface area contributed by atoms with Crippen LogP contribution in [0.5, 0.6) is 5.75 Å². The number of benzene rings is 1. The van der Waals surface area contributed by atoms with Gasteiger partial charge in [0.1, 0.15) is 5.75 Å². The van der Waals surface area contributed by atoms with Crippen molar-refractivity contribution >= 4 is 11.9 Å². The molecule has 3 rings (SSSR count). The molecule has 0 bridgehead atoms. The third-order valence-electron chi connectivity index (χ3n) is 3.51. The second-order valence-electron chi connectivity index (χ2n) is 4.68. The largest absolute Gasteiger partial charge is 0.465 e. The molecule has 2 aliphatic heterocycles. The van der Waals surface area contributed by atoms with Crippen LogP contribution in [0.25, 0.3) is 0 Å². The van der Waals surface area contributed by atoms with E-state index in [4.69, 9.17) is 9.47 Å². The van der Waals surface area contributed by atoms with E-state index in [2.05, 4.69) is 5.32 Å². The molecule has 2 heterocycles. The standard InChI is InChI=1S/C13H13NO4/c1-7-3-4-10-8(5-7)9-6-11(15)14-13(9,18-10)12(16)17-2/h3-5,9H,6H2,1-2H3,(H,14,15)/t9-,13-/m1/s1. The number of hydrogen-bond donors (Lipinski definition) is 1. The Kier molecular flexibility index (Phi) is 2.14. The van der Waals surface area contributed by atoms with Gasteiger partial charge in [-0.25, -0.2) is 4.79 Å². The number of fused-ring (bicyclic) bond motifs is 3. The molecule has 0 aliphatic carbocycles. The van der Waals surface area contributed by atoms with Crippen LogP contribution in [0.15, 0.2) is 18.2 Å². The first-order valence-electron chi connectivity index (χ1n) is 5.76. The fourth-order valence-electron chi connectivity index (χ4n) is 2.69. The van der Waals surface area contributed by atoms with Crippen molar-refractivity contribution in [3.63, 3.8) is 0 Å². The molecule has 0 aromatic heterocycles. The van der Waals surface area contributed by atoms with Crippen LogP contribution in [0.4, 0.5) is 0 Å². The van der Waals surface area contributed by atoms with Crippen molar-refractivity contribution in [3.8, 4) is 5.75 Å². The molecule has 5 nitrogen and oxygen atoms in total. The molecule has 18 heavy (non-hydrogen) atoms. The van der Waals surface area contributed by atoms with Crippen LogP contribution >= 0.6 is 0 Å². The number of nitrogens with one attached hydrogen (secondary N) is 1. The van der Waals surface area contributed by atoms with E-state index in [0.29, 0.717) is 5.75 Å². The Hall–Kier alpha value is -2.04. The molecule has 5 heteroatoms. The normalized spacial score (nSPS) is 28.1. The zero-order chi connectivity index (χ0) is 12.9. The molecule has 1 fully saturated rings. The van der Waals surface area contributed by atoms with Crippen LogP contribution < -0.4 is 10.1 Å². The molecule has 2 atom stereocenters. The Morgan fingerprint density at radius 3 is 3.06 bits per heavy atom. The third-order valence-corrected chi connectivity index (χ3v) is 3.51. The second kappa shape index (κ2) is 3.48. The lowest BCUT2D eigenvalue weighted by Gasteiger charge is -2.24. The summed E-state index contributed by atoms with van der Waals surface area (Å²) in [6, 6.07) is 5.68. The molecule has 0 saturated carbocycles. The molecule has 1 aromatic rings. The first-order valence-corrected chi connectivity index (χ1v) is 5.76. The van der Waals surface area contributed by atoms with Gasteiger partial charge in [-0.1, -0.05) is 17.7 Å². The van der Waals surface area contributed by atoms with Crippen molar-refractivity contribution in [2.24, 2.45) is 0 Å². The molecule has 1 saturated heterocycles. The highest BCUT2D eigenvalue weighted by Gasteiger charge is 2.61. The molecule has 1 aromatic carbocycles. The van der Waals surface area contributed by atoms with Crippen LogP contribution in [0.1, 0.15) is 23.5 Å². The van der Waals surface area contributed by atoms with Gasteiger partial charge in [0.05, 0.1) is 13.0 Å². The Balaban J connectivity index is 2.12. The molecule has 2 aliphatic rings. The van der Waals surface area contributed by atoms with Gasteiger partial charge in [-0.05, 0) is 13.0 Å². The van der Waals surface area contributed by atoms with Gasteiger partial charge in [0.2, 0.25) is 5.91 Å². The van der Waals surface area contributed by atoms with Crippen molar-refractivity contribution in [2.45, 2.75) is 25.0 Å². The lowest BCUT2D eigenvalue weighted by Crippen LogP contribution is -2.55. The zero-order valence-corrected chi connectivity index (χ0v) is 10.1. The summed E-state index contributed by atoms with van der Waals surface area (Å²) >= 11 is 0. The van der Waals surface area contributed by atoms with E-state index >= 15 is 0 Å². The minimum atomic E-state index is -1.37. The predicted octanol–water partition coefficient (Wildman–Crippen LogP) is 0.860. The summed E-state index contributed by atoms with van der Waals surface area (Å²) in [6.45, 7) is 1.96. The number of aryl methyl sites for hydroxylation is 1. The monoisotopic (exact) mass is 247 g/mol. The number of ether oxygens (including phenoxy) is 2. The lowest BCUT2D eigenvalue weighted by molar-refractivity contribution is -0.161. The van der Waals surface area contributed by atoms with Crippen LogP contribution in [-0.2, 0) is 14.3 Å². The first kappa shape index (κ1) is 11.1. The molecule has 1 N–H and O–H groups in total. The smallest absolute Gasteiger partial charge is 0.372 e. The Morgan fingerprint density at radius 2 is 2.33 bits per heavy atom. The van der Waals surface area contributed by atoms with Gasteiger partial charge in [-0.15, -0.1) is 0 Å². The fraction of sp³-hybridized carbons (Fsp3) is 0.385. The predicted molar refractivity (Wildman–Crippen MR) is 62.1 cm³/mol. The molecular formula is C13H13NO4. The minimum Gasteiger partial charge on any atom is -0.465 e. The summed E-state index contributed by atoms with van der Waals surface area (Å²) in [6.07, 6.45) is 0.242. The maximum Gasteiger partial charge on any atom is 0.372 e. The van der Waals surface area contributed by atoms with Gasteiger partial charge < -0.3 is 14.8 Å². The summed E-state index contributed by atoms with van der Waals surface area (Å²) in [5.41, 5.74) is 0.582. The lowest BCUT2D eigenvalue weighted by atomic mass is 9.90. The highest BCUT2D eigenvalue weighted by atomic mass is 16.6. The number of esters is 1. The summed E-state index contributed by atoms with van der Waals surface area (Å²) in [5.74, 6) is -0.437. The van der Waals surface area contributed by atoms with Gasteiger partial charge in [0.15, 0.2) is 0 Å². The summed E-state index contributed by atoms with van der Waals surface area (Å²) in [7, 11) is 1.29. The van der Waals surface area contributed by atoms with Crippen molar-refractivity contribution < 1.29 is 19.1 Å². The number of carbonyl (C=O) groups excluding carboxylic acids is 2. The van der Waals surface area contributed by atoms with E-state index < -0.39 is 11.7 Å². The van der Waals surface area contributed by atoms with E-state index in [1.807, 2.05) is 25.1 Å². The molecule has 94 valence electrons. The SMILES string of the molecule is COC(=O)[C@@]12NC(=O)C[C@@H]1c1cc(C)ccc1O2. The van der Waals surface area contributed by atoms with E-state index in [-0.39, 0.29) is 18.2 Å². The van der Waals surface area contributed by atoms with Crippen LogP contribution in [-0.4, -0.2) is 24.7 Å². The van der Waals surface area contributed by atoms with Crippen molar-refractivity contribution in [3.05, 3.63) is 29.3 Å². The summed E-state index contributed by atoms with van der Waals surface area (Å²) < 4.78 is 10.5. The number of rotatable bonds is 1. The number of carbonyl (C=O) groups is 2. The van der Waals surface area contributed by atoms with Gasteiger partial charge in [0.25, 0.3) is 5.72 Å². The van der Waals surface area contributed by atoms with E-state index in [9.17, 15) is 9.59 Å². The number of amides is 1. The summed E-state index contributed by atoms with van der Waals surface area (Å²) in [5, 5.41) is 2.61. The molecule has 0 spiro atoms. The van der Waals surface area contributed by atoms with Crippen LogP contribution in [0.3, 0.4) is 0 Å². The van der Waals surface area contributed by atoms with E-state index in [1.165, 1.54) is 7.11 Å². The maximum atomic E-state index is 12.0. The van der Waals surface area contributed by atoms with Crippen molar-refractivity contribution in [1.29, 1.82) is 0 Å². The maximum absolute atomic E-state index is 12.0.